The molecule has 2 aromatic carbocycles. The second-order valence-corrected chi connectivity index (χ2v) is 9.98. The van der Waals surface area contributed by atoms with Crippen molar-refractivity contribution >= 4 is 56.0 Å². The molecule has 32 heavy (non-hydrogen) atoms. The molecule has 0 saturated heterocycles. The number of ether oxygens (including phenoxy) is 2. The Hall–Kier alpha value is -2.00. The monoisotopic (exact) mass is 493 g/mol. The maximum absolute atomic E-state index is 13.2. The molecule has 0 radical (unpaired) electrons. The van der Waals surface area contributed by atoms with Gasteiger partial charge in [-0.25, -0.2) is 4.98 Å². The average molecular weight is 494 g/mol. The molecule has 0 aliphatic heterocycles. The Bertz CT molecular complexity index is 1000. The van der Waals surface area contributed by atoms with E-state index in [1.165, 1.54) is 11.3 Å². The number of amides is 1. The number of thiazole rings is 1. The van der Waals surface area contributed by atoms with Crippen molar-refractivity contribution in [3.05, 3.63) is 41.4 Å². The molecule has 0 spiro atoms. The summed E-state index contributed by atoms with van der Waals surface area (Å²) in [5, 5.41) is 1.38. The molecule has 3 rings (SSSR count). The van der Waals surface area contributed by atoms with Crippen molar-refractivity contribution in [1.29, 1.82) is 0 Å². The number of anilines is 1. The minimum Gasteiger partial charge on any atom is -0.495 e. The lowest BCUT2D eigenvalue weighted by atomic mass is 10.3. The molecule has 3 aromatic rings. The SMILES string of the molecule is COc1ccc(OC)c2sc(N(CCCN(C)C)C(=O)CCSc3ccc(Cl)cc3)nc12. The van der Waals surface area contributed by atoms with Gasteiger partial charge in [0, 0.05) is 28.6 Å². The molecule has 0 fully saturated rings. The number of halogens is 1. The van der Waals surface area contributed by atoms with Crippen LogP contribution in [-0.2, 0) is 4.79 Å². The molecule has 0 atom stereocenters. The van der Waals surface area contributed by atoms with Gasteiger partial charge in [0.2, 0.25) is 5.91 Å². The Morgan fingerprint density at radius 3 is 2.41 bits per heavy atom. The molecule has 1 amide bonds. The summed E-state index contributed by atoms with van der Waals surface area (Å²) in [6, 6.07) is 11.4. The zero-order valence-corrected chi connectivity index (χ0v) is 21.1. The van der Waals surface area contributed by atoms with Crippen molar-refractivity contribution in [2.75, 3.05) is 52.1 Å². The van der Waals surface area contributed by atoms with E-state index in [1.807, 2.05) is 50.5 Å². The van der Waals surface area contributed by atoms with Crippen LogP contribution < -0.4 is 14.4 Å². The Kier molecular flexibility index (Phi) is 9.04. The lowest BCUT2D eigenvalue weighted by Gasteiger charge is -2.21. The van der Waals surface area contributed by atoms with E-state index in [9.17, 15) is 4.79 Å². The van der Waals surface area contributed by atoms with E-state index < -0.39 is 0 Å². The van der Waals surface area contributed by atoms with Gasteiger partial charge in [0.25, 0.3) is 0 Å². The first-order chi connectivity index (χ1) is 15.4. The van der Waals surface area contributed by atoms with Crippen LogP contribution in [0.3, 0.4) is 0 Å². The summed E-state index contributed by atoms with van der Waals surface area (Å²) in [4.78, 5) is 23.0. The molecule has 0 aliphatic rings. The van der Waals surface area contributed by atoms with E-state index >= 15 is 0 Å². The standard InChI is InChI=1S/C23H28ClN3O3S2/c1-26(2)13-5-14-27(20(28)12-15-31-17-8-6-16(24)7-9-17)23-25-21-18(29-3)10-11-19(30-4)22(21)32-23/h6-11H,5,12-15H2,1-4H3. The number of fused-ring (bicyclic) bond motifs is 1. The van der Waals surface area contributed by atoms with E-state index in [4.69, 9.17) is 26.1 Å². The van der Waals surface area contributed by atoms with E-state index in [-0.39, 0.29) is 5.91 Å². The Morgan fingerprint density at radius 2 is 1.75 bits per heavy atom. The van der Waals surface area contributed by atoms with Crippen LogP contribution in [0.1, 0.15) is 12.8 Å². The number of carbonyl (C=O) groups is 1. The van der Waals surface area contributed by atoms with Gasteiger partial charge >= 0.3 is 0 Å². The molecule has 172 valence electrons. The normalized spacial score (nSPS) is 11.2. The molecule has 0 unspecified atom stereocenters. The Morgan fingerprint density at radius 1 is 1.06 bits per heavy atom. The second-order valence-electron chi connectivity index (χ2n) is 7.40. The molecule has 1 aromatic heterocycles. The van der Waals surface area contributed by atoms with E-state index in [0.717, 1.165) is 28.3 Å². The van der Waals surface area contributed by atoms with Crippen LogP contribution in [0.15, 0.2) is 41.3 Å². The maximum atomic E-state index is 13.2. The summed E-state index contributed by atoms with van der Waals surface area (Å²) in [6.45, 7) is 1.49. The smallest absolute Gasteiger partial charge is 0.229 e. The first kappa shape index (κ1) is 24.6. The number of hydrogen-bond acceptors (Lipinski definition) is 7. The van der Waals surface area contributed by atoms with Crippen molar-refractivity contribution in [3.8, 4) is 11.5 Å². The third kappa shape index (κ3) is 6.28. The van der Waals surface area contributed by atoms with Crippen molar-refractivity contribution in [3.63, 3.8) is 0 Å². The highest BCUT2D eigenvalue weighted by molar-refractivity contribution is 7.99. The molecule has 0 aliphatic carbocycles. The van der Waals surface area contributed by atoms with Crippen molar-refractivity contribution < 1.29 is 14.3 Å². The summed E-state index contributed by atoms with van der Waals surface area (Å²) in [6.07, 6.45) is 1.27. The highest BCUT2D eigenvalue weighted by Gasteiger charge is 2.22. The summed E-state index contributed by atoms with van der Waals surface area (Å²) >= 11 is 9.06. The van der Waals surface area contributed by atoms with Crippen LogP contribution in [0.2, 0.25) is 5.02 Å². The third-order valence-electron chi connectivity index (χ3n) is 4.82. The van der Waals surface area contributed by atoms with Crippen LogP contribution in [0, 0.1) is 0 Å². The molecule has 9 heteroatoms. The van der Waals surface area contributed by atoms with Gasteiger partial charge in [-0.2, -0.15) is 0 Å². The zero-order chi connectivity index (χ0) is 23.1. The quantitative estimate of drug-likeness (QED) is 0.332. The molecule has 0 saturated carbocycles. The number of hydrogen-bond donors (Lipinski definition) is 0. The highest BCUT2D eigenvalue weighted by Crippen LogP contribution is 2.40. The van der Waals surface area contributed by atoms with Crippen molar-refractivity contribution in [2.24, 2.45) is 0 Å². The predicted molar refractivity (Wildman–Crippen MR) is 135 cm³/mol. The summed E-state index contributed by atoms with van der Waals surface area (Å²) in [5.74, 6) is 2.13. The fourth-order valence-corrected chi connectivity index (χ4v) is 5.27. The minimum atomic E-state index is 0.0576. The van der Waals surface area contributed by atoms with Crippen LogP contribution in [0.5, 0.6) is 11.5 Å². The zero-order valence-electron chi connectivity index (χ0n) is 18.8. The first-order valence-electron chi connectivity index (χ1n) is 10.3. The number of benzene rings is 2. The van der Waals surface area contributed by atoms with E-state index in [1.54, 1.807) is 30.9 Å². The minimum absolute atomic E-state index is 0.0576. The van der Waals surface area contributed by atoms with Gasteiger partial charge in [-0.1, -0.05) is 22.9 Å². The van der Waals surface area contributed by atoms with Gasteiger partial charge in [0.1, 0.15) is 21.7 Å². The van der Waals surface area contributed by atoms with Crippen molar-refractivity contribution in [1.82, 2.24) is 9.88 Å². The van der Waals surface area contributed by atoms with Crippen molar-refractivity contribution in [2.45, 2.75) is 17.7 Å². The molecule has 0 bridgehead atoms. The number of rotatable bonds is 11. The average Bonchev–Trinajstić information content (AvgIpc) is 3.22. The van der Waals surface area contributed by atoms with E-state index in [2.05, 4.69) is 4.90 Å². The van der Waals surface area contributed by atoms with Gasteiger partial charge in [0.05, 0.1) is 14.2 Å². The maximum Gasteiger partial charge on any atom is 0.229 e. The van der Waals surface area contributed by atoms with Crippen LogP contribution >= 0.6 is 34.7 Å². The summed E-state index contributed by atoms with van der Waals surface area (Å²) in [5.41, 5.74) is 0.716. The lowest BCUT2D eigenvalue weighted by Crippen LogP contribution is -2.33. The fraction of sp³-hybridized carbons (Fsp3) is 0.391. The third-order valence-corrected chi connectivity index (χ3v) is 7.17. The summed E-state index contributed by atoms with van der Waals surface area (Å²) < 4.78 is 11.9. The Balaban J connectivity index is 1.79. The van der Waals surface area contributed by atoms with Crippen LogP contribution in [-0.4, -0.2) is 62.9 Å². The van der Waals surface area contributed by atoms with Gasteiger partial charge in [0.15, 0.2) is 5.13 Å². The Labute approximate surface area is 202 Å². The van der Waals surface area contributed by atoms with E-state index in [0.29, 0.717) is 40.1 Å². The fourth-order valence-electron chi connectivity index (χ4n) is 3.18. The predicted octanol–water partition coefficient (Wildman–Crippen LogP) is 5.43. The van der Waals surface area contributed by atoms with Crippen LogP contribution in [0.4, 0.5) is 5.13 Å². The molecule has 0 N–H and O–H groups in total. The molecule has 6 nitrogen and oxygen atoms in total. The number of nitrogens with zero attached hydrogens (tertiary/aromatic N) is 3. The molecular formula is C23H28ClN3O3S2. The van der Waals surface area contributed by atoms with Gasteiger partial charge in [-0.15, -0.1) is 11.8 Å². The lowest BCUT2D eigenvalue weighted by molar-refractivity contribution is -0.118. The summed E-state index contributed by atoms with van der Waals surface area (Å²) in [7, 11) is 7.31. The first-order valence-corrected chi connectivity index (χ1v) is 12.5. The van der Waals surface area contributed by atoms with Gasteiger partial charge in [-0.05, 0) is 63.5 Å². The largest absolute Gasteiger partial charge is 0.495 e. The second kappa shape index (κ2) is 11.7. The van der Waals surface area contributed by atoms with Gasteiger partial charge in [-0.3, -0.25) is 9.69 Å². The molecule has 1 heterocycles. The highest BCUT2D eigenvalue weighted by atomic mass is 35.5. The number of carbonyl (C=O) groups excluding carboxylic acids is 1. The van der Waals surface area contributed by atoms with Gasteiger partial charge < -0.3 is 14.4 Å². The number of methoxy groups -OCH3 is 2. The van der Waals surface area contributed by atoms with Crippen LogP contribution in [0.25, 0.3) is 10.2 Å². The number of aromatic nitrogens is 1. The number of thioether (sulfide) groups is 1. The molecular weight excluding hydrogens is 466 g/mol. The topological polar surface area (TPSA) is 54.9 Å².